The minimum atomic E-state index is -0.985. The third kappa shape index (κ3) is 1.85. The van der Waals surface area contributed by atoms with Crippen molar-refractivity contribution in [3.8, 4) is 11.5 Å². The molecule has 2 fully saturated rings. The van der Waals surface area contributed by atoms with Crippen LogP contribution in [0.5, 0.6) is 11.5 Å². The van der Waals surface area contributed by atoms with Gasteiger partial charge in [0.1, 0.15) is 17.6 Å². The molecular formula is C20H26O5. The number of benzene rings is 1. The Morgan fingerprint density at radius 2 is 1.88 bits per heavy atom. The van der Waals surface area contributed by atoms with Crippen molar-refractivity contribution in [2.24, 2.45) is 11.3 Å². The van der Waals surface area contributed by atoms with Crippen LogP contribution in [-0.2, 0) is 14.9 Å². The highest BCUT2D eigenvalue weighted by atomic mass is 16.6. The largest absolute Gasteiger partial charge is 0.504 e. The summed E-state index contributed by atoms with van der Waals surface area (Å²) in [5.41, 5.74) is 0.319. The first-order valence-corrected chi connectivity index (χ1v) is 9.11. The maximum atomic E-state index is 13.0. The van der Waals surface area contributed by atoms with Crippen LogP contribution in [0.3, 0.4) is 0 Å². The summed E-state index contributed by atoms with van der Waals surface area (Å²) in [6.45, 7) is 8.02. The third-order valence-electron chi connectivity index (χ3n) is 6.73. The Labute approximate surface area is 147 Å². The first-order chi connectivity index (χ1) is 11.6. The van der Waals surface area contributed by atoms with Gasteiger partial charge in [-0.1, -0.05) is 34.1 Å². The number of carbonyl (C=O) groups excluding carboxylic acids is 1. The molecule has 1 aromatic rings. The molecule has 25 heavy (non-hydrogen) atoms. The average Bonchev–Trinajstić information content (AvgIpc) is 2.79. The predicted molar refractivity (Wildman–Crippen MR) is 91.5 cm³/mol. The number of hydrogen-bond donors (Lipinski definition) is 3. The fraction of sp³-hybridized carbons (Fsp3) is 0.650. The molecule has 1 aromatic carbocycles. The quantitative estimate of drug-likeness (QED) is 0.537. The van der Waals surface area contributed by atoms with Gasteiger partial charge in [0.25, 0.3) is 0 Å². The van der Waals surface area contributed by atoms with Crippen molar-refractivity contribution in [2.75, 3.05) is 0 Å². The molecule has 3 aliphatic rings. The van der Waals surface area contributed by atoms with Crippen LogP contribution in [0.2, 0.25) is 0 Å². The molecule has 3 N–H and O–H groups in total. The fourth-order valence-electron chi connectivity index (χ4n) is 5.70. The van der Waals surface area contributed by atoms with E-state index in [-0.39, 0.29) is 34.7 Å². The number of esters is 1. The zero-order chi connectivity index (χ0) is 18.3. The molecule has 4 atom stereocenters. The van der Waals surface area contributed by atoms with Gasteiger partial charge in [-0.2, -0.15) is 0 Å². The van der Waals surface area contributed by atoms with Gasteiger partial charge in [-0.15, -0.1) is 0 Å². The van der Waals surface area contributed by atoms with Crippen molar-refractivity contribution in [3.63, 3.8) is 0 Å². The van der Waals surface area contributed by atoms with Gasteiger partial charge in [0.15, 0.2) is 11.5 Å². The van der Waals surface area contributed by atoms with E-state index in [4.69, 9.17) is 4.74 Å². The Kier molecular flexibility index (Phi) is 3.28. The number of rotatable bonds is 1. The van der Waals surface area contributed by atoms with Crippen molar-refractivity contribution >= 4 is 5.97 Å². The molecule has 0 amide bonds. The van der Waals surface area contributed by atoms with Gasteiger partial charge < -0.3 is 20.1 Å². The molecule has 0 radical (unpaired) electrons. The maximum Gasteiger partial charge on any atom is 0.317 e. The van der Waals surface area contributed by atoms with E-state index in [1.165, 1.54) is 0 Å². The highest BCUT2D eigenvalue weighted by Gasteiger charge is 2.70. The highest BCUT2D eigenvalue weighted by molar-refractivity contribution is 5.90. The summed E-state index contributed by atoms with van der Waals surface area (Å²) in [5.74, 6) is -1.05. The van der Waals surface area contributed by atoms with Crippen LogP contribution in [0, 0.1) is 11.3 Å². The summed E-state index contributed by atoms with van der Waals surface area (Å²) >= 11 is 0. The standard InChI is InChI=1S/C20H26O5/c1-9(2)10-8-11-12(15(23)13(10)21)20-7-5-6-19(3,4)17(20)16(14(11)22)25-18(20)24/h8-9,14,16-17,21-23H,5-7H2,1-4H3/t14-,16+,17-,20-/m1/s1. The summed E-state index contributed by atoms with van der Waals surface area (Å²) in [4.78, 5) is 13.0. The topological polar surface area (TPSA) is 87.0 Å². The SMILES string of the molecule is CC(C)c1cc2c(c(O)c1O)[C@]13CCCC(C)(C)[C@H]1[C@@H](OC3=O)[C@@H]2O. The molecule has 2 aliphatic carbocycles. The molecule has 4 rings (SSSR count). The molecule has 1 aliphatic heterocycles. The number of fused-ring (bicyclic) bond motifs is 1. The maximum absolute atomic E-state index is 13.0. The minimum absolute atomic E-state index is 0.0179. The summed E-state index contributed by atoms with van der Waals surface area (Å²) in [7, 11) is 0. The smallest absolute Gasteiger partial charge is 0.317 e. The molecule has 0 aromatic heterocycles. The lowest BCUT2D eigenvalue weighted by atomic mass is 9.49. The van der Waals surface area contributed by atoms with Crippen molar-refractivity contribution in [2.45, 2.75) is 70.5 Å². The Balaban J connectivity index is 2.06. The number of phenols is 2. The summed E-state index contributed by atoms with van der Waals surface area (Å²) in [6.07, 6.45) is 0.767. The minimum Gasteiger partial charge on any atom is -0.504 e. The van der Waals surface area contributed by atoms with Crippen LogP contribution in [0.15, 0.2) is 6.07 Å². The van der Waals surface area contributed by atoms with Crippen LogP contribution < -0.4 is 0 Å². The summed E-state index contributed by atoms with van der Waals surface area (Å²) in [5, 5.41) is 32.4. The molecule has 1 saturated heterocycles. The molecule has 0 unspecified atom stereocenters. The lowest BCUT2D eigenvalue weighted by Crippen LogP contribution is -2.54. The van der Waals surface area contributed by atoms with Gasteiger partial charge in [-0.05, 0) is 35.8 Å². The Hall–Kier alpha value is -1.75. The number of aromatic hydroxyl groups is 2. The average molecular weight is 346 g/mol. The Morgan fingerprint density at radius 1 is 1.20 bits per heavy atom. The van der Waals surface area contributed by atoms with E-state index in [2.05, 4.69) is 13.8 Å². The van der Waals surface area contributed by atoms with E-state index in [1.54, 1.807) is 6.07 Å². The molecule has 0 spiro atoms. The first-order valence-electron chi connectivity index (χ1n) is 9.11. The van der Waals surface area contributed by atoms with Gasteiger partial charge in [-0.25, -0.2) is 0 Å². The van der Waals surface area contributed by atoms with E-state index < -0.39 is 17.6 Å². The van der Waals surface area contributed by atoms with Crippen LogP contribution in [0.4, 0.5) is 0 Å². The summed E-state index contributed by atoms with van der Waals surface area (Å²) in [6, 6.07) is 1.74. The first kappa shape index (κ1) is 16.7. The van der Waals surface area contributed by atoms with Crippen LogP contribution in [0.25, 0.3) is 0 Å². The number of aliphatic hydroxyl groups excluding tert-OH is 1. The van der Waals surface area contributed by atoms with Crippen molar-refractivity contribution < 1.29 is 24.9 Å². The number of phenolic OH excluding ortho intramolecular Hbond substituents is 2. The van der Waals surface area contributed by atoms with Gasteiger partial charge in [0, 0.05) is 17.0 Å². The van der Waals surface area contributed by atoms with Crippen LogP contribution in [-0.4, -0.2) is 27.4 Å². The van der Waals surface area contributed by atoms with E-state index in [0.29, 0.717) is 23.1 Å². The molecule has 1 saturated carbocycles. The fourth-order valence-corrected chi connectivity index (χ4v) is 5.70. The monoisotopic (exact) mass is 346 g/mol. The van der Waals surface area contributed by atoms with Gasteiger partial charge in [0.05, 0.1) is 0 Å². The number of hydrogen-bond acceptors (Lipinski definition) is 5. The second-order valence-electron chi connectivity index (χ2n) is 8.89. The zero-order valence-corrected chi connectivity index (χ0v) is 15.2. The Bertz CT molecular complexity index is 766. The van der Waals surface area contributed by atoms with Crippen LogP contribution >= 0.6 is 0 Å². The van der Waals surface area contributed by atoms with Crippen LogP contribution in [0.1, 0.15) is 75.7 Å². The molecular weight excluding hydrogens is 320 g/mol. The molecule has 5 nitrogen and oxygen atoms in total. The zero-order valence-electron chi connectivity index (χ0n) is 15.2. The third-order valence-corrected chi connectivity index (χ3v) is 6.73. The molecule has 2 bridgehead atoms. The number of carbonyl (C=O) groups is 1. The van der Waals surface area contributed by atoms with Gasteiger partial charge in [0.2, 0.25) is 0 Å². The van der Waals surface area contributed by atoms with E-state index >= 15 is 0 Å². The normalized spacial score (nSPS) is 35.3. The van der Waals surface area contributed by atoms with E-state index in [1.807, 2.05) is 13.8 Å². The lowest BCUT2D eigenvalue weighted by Gasteiger charge is -2.51. The van der Waals surface area contributed by atoms with E-state index in [0.717, 1.165) is 12.8 Å². The van der Waals surface area contributed by atoms with E-state index in [9.17, 15) is 20.1 Å². The second-order valence-corrected chi connectivity index (χ2v) is 8.89. The number of ether oxygens (including phenoxy) is 1. The summed E-state index contributed by atoms with van der Waals surface area (Å²) < 4.78 is 5.67. The second kappa shape index (κ2) is 4.91. The number of aliphatic hydroxyl groups is 1. The Morgan fingerprint density at radius 3 is 2.52 bits per heavy atom. The predicted octanol–water partition coefficient (Wildman–Crippen LogP) is 3.26. The molecule has 136 valence electrons. The van der Waals surface area contributed by atoms with Crippen molar-refractivity contribution in [1.29, 1.82) is 0 Å². The molecule has 5 heteroatoms. The highest BCUT2D eigenvalue weighted by Crippen LogP contribution is 2.66. The molecule has 1 heterocycles. The van der Waals surface area contributed by atoms with Gasteiger partial charge in [-0.3, -0.25) is 4.79 Å². The van der Waals surface area contributed by atoms with Crippen molar-refractivity contribution in [3.05, 3.63) is 22.8 Å². The lowest BCUT2D eigenvalue weighted by molar-refractivity contribution is -0.148. The van der Waals surface area contributed by atoms with Crippen molar-refractivity contribution in [1.82, 2.24) is 0 Å². The van der Waals surface area contributed by atoms with Gasteiger partial charge >= 0.3 is 5.97 Å².